The van der Waals surface area contributed by atoms with Crippen LogP contribution in [-0.2, 0) is 11.2 Å². The molecule has 0 atom stereocenters. The fraction of sp³-hybridized carbons (Fsp3) is 0.158. The lowest BCUT2D eigenvalue weighted by atomic mass is 10.0. The second-order valence-corrected chi connectivity index (χ2v) is 6.88. The molecule has 0 bridgehead atoms. The fourth-order valence-electron chi connectivity index (χ4n) is 2.43. The van der Waals surface area contributed by atoms with Gasteiger partial charge in [-0.3, -0.25) is 4.79 Å². The number of nitrogens with zero attached hydrogens (tertiary/aromatic N) is 1. The summed E-state index contributed by atoms with van der Waals surface area (Å²) >= 11 is 1.29. The van der Waals surface area contributed by atoms with Gasteiger partial charge >= 0.3 is 5.97 Å². The molecule has 0 radical (unpaired) electrons. The number of carboxylic acid groups (broad SMARTS) is 1. The van der Waals surface area contributed by atoms with Crippen molar-refractivity contribution < 1.29 is 14.3 Å². The van der Waals surface area contributed by atoms with Crippen LogP contribution in [-0.4, -0.2) is 16.1 Å². The number of carboxylic acids is 1. The Labute approximate surface area is 149 Å². The molecule has 1 aromatic heterocycles. The van der Waals surface area contributed by atoms with Crippen molar-refractivity contribution in [2.45, 2.75) is 20.3 Å². The van der Waals surface area contributed by atoms with Crippen LogP contribution in [0.4, 0.5) is 15.2 Å². The van der Waals surface area contributed by atoms with Crippen molar-refractivity contribution in [3.63, 3.8) is 0 Å². The summed E-state index contributed by atoms with van der Waals surface area (Å²) < 4.78 is 13.0. The van der Waals surface area contributed by atoms with Crippen molar-refractivity contribution in [3.05, 3.63) is 64.3 Å². The first-order valence-corrected chi connectivity index (χ1v) is 8.56. The van der Waals surface area contributed by atoms with Crippen LogP contribution >= 0.6 is 11.3 Å². The molecule has 2 aromatic carbocycles. The maximum atomic E-state index is 13.0. The van der Waals surface area contributed by atoms with E-state index < -0.39 is 5.97 Å². The Morgan fingerprint density at radius 3 is 2.52 bits per heavy atom. The monoisotopic (exact) mass is 356 g/mol. The molecule has 6 heteroatoms. The Morgan fingerprint density at radius 2 is 1.88 bits per heavy atom. The van der Waals surface area contributed by atoms with Crippen LogP contribution in [0.1, 0.15) is 16.0 Å². The van der Waals surface area contributed by atoms with Crippen molar-refractivity contribution in [3.8, 4) is 11.3 Å². The predicted octanol–water partition coefficient (Wildman–Crippen LogP) is 4.94. The van der Waals surface area contributed by atoms with Gasteiger partial charge in [0.25, 0.3) is 0 Å². The largest absolute Gasteiger partial charge is 0.481 e. The zero-order chi connectivity index (χ0) is 18.0. The molecule has 0 saturated heterocycles. The normalized spacial score (nSPS) is 10.7. The van der Waals surface area contributed by atoms with Gasteiger partial charge in [-0.05, 0) is 55.3 Å². The molecule has 1 heterocycles. The van der Waals surface area contributed by atoms with Gasteiger partial charge in [0.05, 0.1) is 12.1 Å². The third-order valence-electron chi connectivity index (χ3n) is 3.88. The molecule has 0 aliphatic carbocycles. The number of hydrogen-bond acceptors (Lipinski definition) is 4. The number of rotatable bonds is 5. The molecule has 0 fully saturated rings. The summed E-state index contributed by atoms with van der Waals surface area (Å²) in [6.45, 7) is 4.04. The van der Waals surface area contributed by atoms with Crippen molar-refractivity contribution >= 4 is 28.1 Å². The van der Waals surface area contributed by atoms with E-state index >= 15 is 0 Å². The van der Waals surface area contributed by atoms with Crippen LogP contribution in [0, 0.1) is 19.7 Å². The predicted molar refractivity (Wildman–Crippen MR) is 98.0 cm³/mol. The summed E-state index contributed by atoms with van der Waals surface area (Å²) in [7, 11) is 0. The Kier molecular flexibility index (Phi) is 4.81. The van der Waals surface area contributed by atoms with Crippen LogP contribution in [0.5, 0.6) is 0 Å². The molecule has 0 aliphatic heterocycles. The van der Waals surface area contributed by atoms with Crippen molar-refractivity contribution in [2.24, 2.45) is 0 Å². The van der Waals surface area contributed by atoms with Crippen LogP contribution in [0.15, 0.2) is 42.5 Å². The van der Waals surface area contributed by atoms with Gasteiger partial charge in [0.2, 0.25) is 0 Å². The highest BCUT2D eigenvalue weighted by Crippen LogP contribution is 2.34. The topological polar surface area (TPSA) is 62.2 Å². The highest BCUT2D eigenvalue weighted by Gasteiger charge is 2.16. The smallest absolute Gasteiger partial charge is 0.308 e. The molecule has 128 valence electrons. The van der Waals surface area contributed by atoms with Gasteiger partial charge in [-0.25, -0.2) is 9.37 Å². The first-order valence-electron chi connectivity index (χ1n) is 7.74. The van der Waals surface area contributed by atoms with Crippen LogP contribution in [0.2, 0.25) is 0 Å². The fourth-order valence-corrected chi connectivity index (χ4v) is 3.43. The number of thiazole rings is 1. The summed E-state index contributed by atoms with van der Waals surface area (Å²) in [5.74, 6) is -1.21. The minimum absolute atomic E-state index is 0.0922. The summed E-state index contributed by atoms with van der Waals surface area (Å²) in [6, 6.07) is 11.9. The number of aliphatic carboxylic acids is 1. The first-order chi connectivity index (χ1) is 11.9. The van der Waals surface area contributed by atoms with Crippen molar-refractivity contribution in [1.29, 1.82) is 0 Å². The molecule has 0 amide bonds. The Bertz CT molecular complexity index is 920. The molecular formula is C19H17FN2O2S. The van der Waals surface area contributed by atoms with E-state index in [-0.39, 0.29) is 12.2 Å². The summed E-state index contributed by atoms with van der Waals surface area (Å²) in [5, 5.41) is 12.9. The zero-order valence-electron chi connectivity index (χ0n) is 13.8. The second kappa shape index (κ2) is 7.03. The lowest BCUT2D eigenvalue weighted by Crippen LogP contribution is -1.99. The number of aromatic nitrogens is 1. The standard InChI is InChI=1S/C19H17FN2O2S/c1-11-3-4-13(9-12(11)2)18-16(10-17(23)24)25-19(22-18)21-15-7-5-14(20)6-8-15/h3-9H,10H2,1-2H3,(H,21,22)(H,23,24). The second-order valence-electron chi connectivity index (χ2n) is 5.79. The Morgan fingerprint density at radius 1 is 1.16 bits per heavy atom. The Hall–Kier alpha value is -2.73. The third-order valence-corrected chi connectivity index (χ3v) is 4.86. The number of aryl methyl sites for hydroxylation is 2. The first kappa shape index (κ1) is 17.1. The van der Waals surface area contributed by atoms with E-state index in [1.165, 1.54) is 29.0 Å². The highest BCUT2D eigenvalue weighted by molar-refractivity contribution is 7.16. The van der Waals surface area contributed by atoms with Crippen molar-refractivity contribution in [1.82, 2.24) is 4.98 Å². The maximum Gasteiger partial charge on any atom is 0.308 e. The molecule has 2 N–H and O–H groups in total. The molecule has 0 aliphatic rings. The maximum absolute atomic E-state index is 13.0. The molecule has 0 spiro atoms. The highest BCUT2D eigenvalue weighted by atomic mass is 32.1. The number of anilines is 2. The van der Waals surface area contributed by atoms with E-state index in [1.54, 1.807) is 12.1 Å². The summed E-state index contributed by atoms with van der Waals surface area (Å²) in [6.07, 6.45) is -0.0922. The summed E-state index contributed by atoms with van der Waals surface area (Å²) in [5.41, 5.74) is 4.55. The number of hydrogen-bond donors (Lipinski definition) is 2. The quantitative estimate of drug-likeness (QED) is 0.680. The molecular weight excluding hydrogens is 339 g/mol. The molecule has 25 heavy (non-hydrogen) atoms. The van der Waals surface area contributed by atoms with Gasteiger partial charge < -0.3 is 10.4 Å². The molecule has 4 nitrogen and oxygen atoms in total. The van der Waals surface area contributed by atoms with E-state index in [2.05, 4.69) is 10.3 Å². The number of nitrogens with one attached hydrogen (secondary N) is 1. The lowest BCUT2D eigenvalue weighted by Gasteiger charge is -2.04. The molecule has 3 rings (SSSR count). The van der Waals surface area contributed by atoms with Gasteiger partial charge in [-0.15, -0.1) is 11.3 Å². The van der Waals surface area contributed by atoms with Gasteiger partial charge in [0, 0.05) is 16.1 Å². The van der Waals surface area contributed by atoms with E-state index in [1.807, 2.05) is 32.0 Å². The number of carbonyl (C=O) groups is 1. The van der Waals surface area contributed by atoms with E-state index in [4.69, 9.17) is 0 Å². The minimum Gasteiger partial charge on any atom is -0.481 e. The average Bonchev–Trinajstić information content (AvgIpc) is 2.94. The molecule has 0 saturated carbocycles. The lowest BCUT2D eigenvalue weighted by molar-refractivity contribution is -0.136. The number of halogens is 1. The van der Waals surface area contributed by atoms with Gasteiger partial charge in [-0.1, -0.05) is 12.1 Å². The van der Waals surface area contributed by atoms with Gasteiger partial charge in [-0.2, -0.15) is 0 Å². The molecule has 0 unspecified atom stereocenters. The van der Waals surface area contributed by atoms with Crippen LogP contribution in [0.25, 0.3) is 11.3 Å². The van der Waals surface area contributed by atoms with Gasteiger partial charge in [0.15, 0.2) is 5.13 Å². The van der Waals surface area contributed by atoms with Gasteiger partial charge in [0.1, 0.15) is 5.82 Å². The zero-order valence-corrected chi connectivity index (χ0v) is 14.7. The minimum atomic E-state index is -0.901. The van der Waals surface area contributed by atoms with Crippen molar-refractivity contribution in [2.75, 3.05) is 5.32 Å². The number of benzene rings is 2. The van der Waals surface area contributed by atoms with Crippen LogP contribution < -0.4 is 5.32 Å². The van der Waals surface area contributed by atoms with E-state index in [0.717, 1.165) is 11.1 Å². The van der Waals surface area contributed by atoms with E-state index in [9.17, 15) is 14.3 Å². The Balaban J connectivity index is 1.98. The molecule has 3 aromatic rings. The van der Waals surface area contributed by atoms with E-state index in [0.29, 0.717) is 21.4 Å². The average molecular weight is 356 g/mol. The SMILES string of the molecule is Cc1ccc(-c2nc(Nc3ccc(F)cc3)sc2CC(=O)O)cc1C. The summed E-state index contributed by atoms with van der Waals surface area (Å²) in [4.78, 5) is 16.4. The third kappa shape index (κ3) is 4.03. The van der Waals surface area contributed by atoms with Crippen LogP contribution in [0.3, 0.4) is 0 Å².